The fraction of sp³-hybridized carbons (Fsp3) is 0.429. The predicted molar refractivity (Wildman–Crippen MR) is 67.2 cm³/mol. The molecule has 1 fully saturated rings. The third-order valence-electron chi connectivity index (χ3n) is 3.72. The Labute approximate surface area is 100 Å². The fourth-order valence-electron chi connectivity index (χ4n) is 2.90. The van der Waals surface area contributed by atoms with Gasteiger partial charge in [-0.2, -0.15) is 0 Å². The summed E-state index contributed by atoms with van der Waals surface area (Å²) in [5, 5.41) is 0. The highest BCUT2D eigenvalue weighted by Gasteiger charge is 2.37. The Morgan fingerprint density at radius 3 is 2.82 bits per heavy atom. The Morgan fingerprint density at radius 2 is 2.18 bits per heavy atom. The lowest BCUT2D eigenvalue weighted by atomic mass is 9.68. The van der Waals surface area contributed by atoms with Crippen LogP contribution in [0.15, 0.2) is 24.5 Å². The van der Waals surface area contributed by atoms with Gasteiger partial charge >= 0.3 is 0 Å². The van der Waals surface area contributed by atoms with E-state index < -0.39 is 0 Å². The van der Waals surface area contributed by atoms with Gasteiger partial charge in [-0.1, -0.05) is 19.9 Å². The first-order valence-corrected chi connectivity index (χ1v) is 6.01. The molecule has 88 valence electrons. The van der Waals surface area contributed by atoms with E-state index in [1.807, 2.05) is 24.5 Å². The number of nitrogens with zero attached hydrogens (tertiary/aromatic N) is 2. The number of imidazole rings is 1. The van der Waals surface area contributed by atoms with Crippen LogP contribution in [0.4, 0.5) is 0 Å². The molecule has 0 bridgehead atoms. The van der Waals surface area contributed by atoms with Crippen molar-refractivity contribution in [1.82, 2.24) is 9.55 Å². The van der Waals surface area contributed by atoms with Gasteiger partial charge in [0.25, 0.3) is 0 Å². The van der Waals surface area contributed by atoms with Crippen molar-refractivity contribution < 1.29 is 4.79 Å². The first kappa shape index (κ1) is 10.5. The summed E-state index contributed by atoms with van der Waals surface area (Å²) in [6.07, 6.45) is 5.11. The van der Waals surface area contributed by atoms with Crippen molar-refractivity contribution in [2.24, 2.45) is 5.41 Å². The van der Waals surface area contributed by atoms with Crippen molar-refractivity contribution in [2.75, 3.05) is 0 Å². The van der Waals surface area contributed by atoms with Crippen LogP contribution in [0.2, 0.25) is 0 Å². The average molecular weight is 228 g/mol. The molecular formula is C14H16N2O. The molecule has 0 radical (unpaired) electrons. The van der Waals surface area contributed by atoms with Gasteiger partial charge in [0.1, 0.15) is 0 Å². The smallest absolute Gasteiger partial charge is 0.152 e. The molecule has 3 rings (SSSR count). The summed E-state index contributed by atoms with van der Waals surface area (Å²) in [7, 11) is 0. The van der Waals surface area contributed by atoms with E-state index >= 15 is 0 Å². The largest absolute Gasteiger partial charge is 0.327 e. The molecule has 0 saturated heterocycles. The zero-order valence-electron chi connectivity index (χ0n) is 10.2. The molecule has 0 unspecified atom stereocenters. The van der Waals surface area contributed by atoms with Crippen LogP contribution in [0.25, 0.3) is 11.0 Å². The van der Waals surface area contributed by atoms with E-state index in [4.69, 9.17) is 0 Å². The number of benzene rings is 1. The van der Waals surface area contributed by atoms with Crippen LogP contribution in [0.3, 0.4) is 0 Å². The SMILES string of the molecule is CC1(C)CC(n2cnc3cccc(C=O)c32)C1. The summed E-state index contributed by atoms with van der Waals surface area (Å²) < 4.78 is 2.17. The predicted octanol–water partition coefficient (Wildman–Crippen LogP) is 3.21. The number of hydrogen-bond acceptors (Lipinski definition) is 2. The van der Waals surface area contributed by atoms with Gasteiger partial charge in [0, 0.05) is 11.6 Å². The van der Waals surface area contributed by atoms with E-state index in [-0.39, 0.29) is 0 Å². The van der Waals surface area contributed by atoms with E-state index in [0.717, 1.165) is 35.7 Å². The second-order valence-electron chi connectivity index (χ2n) is 5.71. The minimum Gasteiger partial charge on any atom is -0.327 e. The molecule has 1 heterocycles. The van der Waals surface area contributed by atoms with Crippen molar-refractivity contribution in [3.05, 3.63) is 30.1 Å². The minimum atomic E-state index is 0.428. The molecule has 1 aromatic heterocycles. The molecule has 1 aliphatic carbocycles. The van der Waals surface area contributed by atoms with E-state index in [9.17, 15) is 4.79 Å². The molecule has 0 N–H and O–H groups in total. The molecule has 0 atom stereocenters. The maximum Gasteiger partial charge on any atom is 0.152 e. The summed E-state index contributed by atoms with van der Waals surface area (Å²) in [6, 6.07) is 6.20. The van der Waals surface area contributed by atoms with Crippen LogP contribution < -0.4 is 0 Å². The Balaban J connectivity index is 2.09. The molecule has 3 heteroatoms. The lowest BCUT2D eigenvalue weighted by Crippen LogP contribution is -2.33. The quantitative estimate of drug-likeness (QED) is 0.740. The van der Waals surface area contributed by atoms with Crippen LogP contribution in [-0.2, 0) is 0 Å². The molecule has 1 aliphatic rings. The third kappa shape index (κ3) is 1.57. The zero-order chi connectivity index (χ0) is 12.0. The number of aromatic nitrogens is 2. The van der Waals surface area contributed by atoms with Gasteiger partial charge in [-0.3, -0.25) is 4.79 Å². The Morgan fingerprint density at radius 1 is 1.41 bits per heavy atom. The van der Waals surface area contributed by atoms with Crippen molar-refractivity contribution in [2.45, 2.75) is 32.7 Å². The number of para-hydroxylation sites is 1. The maximum absolute atomic E-state index is 11.1. The van der Waals surface area contributed by atoms with Gasteiger partial charge in [0.05, 0.1) is 17.4 Å². The number of aldehydes is 1. The second kappa shape index (κ2) is 3.42. The zero-order valence-corrected chi connectivity index (χ0v) is 10.2. The molecule has 1 saturated carbocycles. The van der Waals surface area contributed by atoms with Crippen LogP contribution >= 0.6 is 0 Å². The lowest BCUT2D eigenvalue weighted by Gasteiger charge is -2.43. The molecule has 0 amide bonds. The van der Waals surface area contributed by atoms with E-state index in [0.29, 0.717) is 11.5 Å². The van der Waals surface area contributed by atoms with Crippen LogP contribution in [0, 0.1) is 5.41 Å². The van der Waals surface area contributed by atoms with Crippen LogP contribution in [0.1, 0.15) is 43.1 Å². The number of carbonyl (C=O) groups is 1. The van der Waals surface area contributed by atoms with Crippen molar-refractivity contribution in [3.8, 4) is 0 Å². The number of hydrogen-bond donors (Lipinski definition) is 0. The van der Waals surface area contributed by atoms with Gasteiger partial charge in [-0.05, 0) is 30.4 Å². The van der Waals surface area contributed by atoms with Gasteiger partial charge in [-0.25, -0.2) is 4.98 Å². The summed E-state index contributed by atoms with van der Waals surface area (Å²) >= 11 is 0. The Kier molecular flexibility index (Phi) is 2.12. The minimum absolute atomic E-state index is 0.428. The molecule has 0 aliphatic heterocycles. The van der Waals surface area contributed by atoms with Crippen LogP contribution in [0.5, 0.6) is 0 Å². The number of carbonyl (C=O) groups excluding carboxylic acids is 1. The topological polar surface area (TPSA) is 34.9 Å². The lowest BCUT2D eigenvalue weighted by molar-refractivity contribution is 0.106. The summed E-state index contributed by atoms with van der Waals surface area (Å²) in [4.78, 5) is 15.5. The summed E-state index contributed by atoms with van der Waals surface area (Å²) in [5.41, 5.74) is 3.07. The Bertz CT molecular complexity index is 575. The van der Waals surface area contributed by atoms with E-state index in [1.54, 1.807) is 0 Å². The first-order chi connectivity index (χ1) is 8.11. The Hall–Kier alpha value is -1.64. The molecule has 2 aromatic rings. The number of fused-ring (bicyclic) bond motifs is 1. The normalized spacial score (nSPS) is 19.2. The van der Waals surface area contributed by atoms with Gasteiger partial charge < -0.3 is 4.57 Å². The first-order valence-electron chi connectivity index (χ1n) is 6.01. The molecule has 17 heavy (non-hydrogen) atoms. The average Bonchev–Trinajstić information content (AvgIpc) is 2.68. The third-order valence-corrected chi connectivity index (χ3v) is 3.72. The molecule has 0 spiro atoms. The van der Waals surface area contributed by atoms with Crippen LogP contribution in [-0.4, -0.2) is 15.8 Å². The second-order valence-corrected chi connectivity index (χ2v) is 5.71. The fourth-order valence-corrected chi connectivity index (χ4v) is 2.90. The van der Waals surface area contributed by atoms with Crippen molar-refractivity contribution in [3.63, 3.8) is 0 Å². The summed E-state index contributed by atoms with van der Waals surface area (Å²) in [6.45, 7) is 4.56. The van der Waals surface area contributed by atoms with Crippen molar-refractivity contribution in [1.29, 1.82) is 0 Å². The monoisotopic (exact) mass is 228 g/mol. The van der Waals surface area contributed by atoms with E-state index in [2.05, 4.69) is 23.4 Å². The van der Waals surface area contributed by atoms with Gasteiger partial charge in [-0.15, -0.1) is 0 Å². The number of rotatable bonds is 2. The molecular weight excluding hydrogens is 212 g/mol. The standard InChI is InChI=1S/C14H16N2O/c1-14(2)6-11(7-14)16-9-15-12-5-3-4-10(8-17)13(12)16/h3-5,8-9,11H,6-7H2,1-2H3. The molecule has 1 aromatic carbocycles. The highest BCUT2D eigenvalue weighted by Crippen LogP contribution is 2.48. The maximum atomic E-state index is 11.1. The highest BCUT2D eigenvalue weighted by molar-refractivity contribution is 5.94. The van der Waals surface area contributed by atoms with Gasteiger partial charge in [0.15, 0.2) is 6.29 Å². The summed E-state index contributed by atoms with van der Waals surface area (Å²) in [5.74, 6) is 0. The molecule has 3 nitrogen and oxygen atoms in total. The highest BCUT2D eigenvalue weighted by atomic mass is 16.1. The van der Waals surface area contributed by atoms with E-state index in [1.165, 1.54) is 0 Å². The van der Waals surface area contributed by atoms with Gasteiger partial charge in [0.2, 0.25) is 0 Å². The van der Waals surface area contributed by atoms with Crippen molar-refractivity contribution >= 4 is 17.3 Å².